The van der Waals surface area contributed by atoms with E-state index in [1.807, 2.05) is 13.8 Å². The van der Waals surface area contributed by atoms with Gasteiger partial charge in [-0.1, -0.05) is 0 Å². The third-order valence-electron chi connectivity index (χ3n) is 1.75. The first-order valence-corrected chi connectivity index (χ1v) is 5.21. The summed E-state index contributed by atoms with van der Waals surface area (Å²) in [5.74, 6) is 0.161. The lowest BCUT2D eigenvalue weighted by Crippen LogP contribution is -2.29. The van der Waals surface area contributed by atoms with Crippen LogP contribution in [0.25, 0.3) is 0 Å². The van der Waals surface area contributed by atoms with Crippen LogP contribution in [0.5, 0.6) is 6.01 Å². The quantitative estimate of drug-likeness (QED) is 0.501. The van der Waals surface area contributed by atoms with E-state index in [-0.39, 0.29) is 37.2 Å². The van der Waals surface area contributed by atoms with Gasteiger partial charge >= 0.3 is 6.01 Å². The minimum absolute atomic E-state index is 0.00720. The molecule has 1 rings (SSSR count). The molecule has 0 aliphatic rings. The molecule has 0 atom stereocenters. The van der Waals surface area contributed by atoms with E-state index in [1.54, 1.807) is 0 Å². The van der Waals surface area contributed by atoms with Gasteiger partial charge in [0.1, 0.15) is 0 Å². The third kappa shape index (κ3) is 4.37. The summed E-state index contributed by atoms with van der Waals surface area (Å²) in [7, 11) is 0. The van der Waals surface area contributed by atoms with E-state index >= 15 is 0 Å². The summed E-state index contributed by atoms with van der Waals surface area (Å²) in [5, 5.41) is 20.5. The lowest BCUT2D eigenvalue weighted by atomic mass is 10.3. The molecule has 96 valence electrons. The van der Waals surface area contributed by atoms with Gasteiger partial charge in [-0.05, 0) is 13.8 Å². The van der Waals surface area contributed by atoms with Crippen LogP contribution < -0.4 is 15.8 Å². The molecule has 0 aromatic carbocycles. The average molecular weight is 243 g/mol. The molecule has 0 saturated carbocycles. The number of nitrogen functional groups attached to an aromatic ring is 1. The van der Waals surface area contributed by atoms with E-state index in [0.717, 1.165) is 0 Å². The Kier molecular flexibility index (Phi) is 4.85. The first-order valence-electron chi connectivity index (χ1n) is 5.21. The van der Waals surface area contributed by atoms with Crippen molar-refractivity contribution in [1.29, 1.82) is 0 Å². The van der Waals surface area contributed by atoms with Gasteiger partial charge in [0.2, 0.25) is 11.9 Å². The predicted molar refractivity (Wildman–Crippen MR) is 61.6 cm³/mol. The summed E-state index contributed by atoms with van der Waals surface area (Å²) in [4.78, 5) is 11.6. The van der Waals surface area contributed by atoms with E-state index in [0.29, 0.717) is 0 Å². The van der Waals surface area contributed by atoms with Crippen molar-refractivity contribution in [3.05, 3.63) is 0 Å². The highest BCUT2D eigenvalue weighted by molar-refractivity contribution is 5.33. The molecule has 1 heterocycles. The maximum atomic E-state index is 8.92. The maximum absolute atomic E-state index is 8.92. The van der Waals surface area contributed by atoms with Gasteiger partial charge in [0.15, 0.2) is 0 Å². The molecular formula is C9H17N5O3. The molecule has 0 aliphatic heterocycles. The second-order valence-corrected chi connectivity index (χ2v) is 3.67. The Hall–Kier alpha value is -1.67. The molecule has 0 unspecified atom stereocenters. The van der Waals surface area contributed by atoms with Gasteiger partial charge in [0.25, 0.3) is 0 Å². The molecule has 0 amide bonds. The number of nitrogens with two attached hydrogens (primary N) is 1. The zero-order valence-corrected chi connectivity index (χ0v) is 9.79. The Balaban J connectivity index is 2.81. The number of aliphatic hydroxyl groups is 2. The van der Waals surface area contributed by atoms with Gasteiger partial charge in [-0.3, -0.25) is 0 Å². The summed E-state index contributed by atoms with van der Waals surface area (Å²) < 4.78 is 5.28. The Labute approximate surface area is 98.9 Å². The summed E-state index contributed by atoms with van der Waals surface area (Å²) in [5.41, 5.74) is 5.49. The van der Waals surface area contributed by atoms with Crippen LogP contribution in [0.4, 0.5) is 11.9 Å². The van der Waals surface area contributed by atoms with Crippen molar-refractivity contribution < 1.29 is 14.9 Å². The molecule has 17 heavy (non-hydrogen) atoms. The number of rotatable bonds is 6. The second kappa shape index (κ2) is 6.16. The summed E-state index contributed by atoms with van der Waals surface area (Å²) in [6, 6.07) is -0.451. The standard InChI is InChI=1S/C9H17N5O3/c1-5(2)17-9-13-7(10)12-8(14-9)11-6(3-15)4-16/h5-6,15-16H,3-4H2,1-2H3,(H3,10,11,12,13,14). The molecule has 5 N–H and O–H groups in total. The highest BCUT2D eigenvalue weighted by Crippen LogP contribution is 2.11. The smallest absolute Gasteiger partial charge is 0.323 e. The van der Waals surface area contributed by atoms with Crippen LogP contribution in [0.3, 0.4) is 0 Å². The first-order chi connectivity index (χ1) is 8.05. The first kappa shape index (κ1) is 13.4. The lowest BCUT2D eigenvalue weighted by Gasteiger charge is -2.14. The van der Waals surface area contributed by atoms with E-state index in [1.165, 1.54) is 0 Å². The van der Waals surface area contributed by atoms with Crippen LogP contribution >= 0.6 is 0 Å². The van der Waals surface area contributed by atoms with Crippen molar-refractivity contribution in [1.82, 2.24) is 15.0 Å². The molecule has 0 saturated heterocycles. The number of hydrogen-bond acceptors (Lipinski definition) is 8. The molecule has 8 nitrogen and oxygen atoms in total. The normalized spacial score (nSPS) is 10.9. The number of ether oxygens (including phenoxy) is 1. The number of nitrogens with one attached hydrogen (secondary N) is 1. The van der Waals surface area contributed by atoms with Crippen LogP contribution in [0.1, 0.15) is 13.8 Å². The van der Waals surface area contributed by atoms with E-state index < -0.39 is 6.04 Å². The Morgan fingerprint density at radius 2 is 1.88 bits per heavy atom. The minimum Gasteiger partial charge on any atom is -0.461 e. The maximum Gasteiger partial charge on any atom is 0.323 e. The molecular weight excluding hydrogens is 226 g/mol. The summed E-state index contributed by atoms with van der Waals surface area (Å²) >= 11 is 0. The van der Waals surface area contributed by atoms with Crippen LogP contribution in [-0.4, -0.2) is 50.5 Å². The number of hydrogen-bond donors (Lipinski definition) is 4. The zero-order chi connectivity index (χ0) is 12.8. The lowest BCUT2D eigenvalue weighted by molar-refractivity contribution is 0.202. The van der Waals surface area contributed by atoms with Crippen LogP contribution in [0.2, 0.25) is 0 Å². The number of aromatic nitrogens is 3. The van der Waals surface area contributed by atoms with Gasteiger partial charge in [-0.25, -0.2) is 0 Å². The molecule has 0 radical (unpaired) electrons. The van der Waals surface area contributed by atoms with Gasteiger partial charge in [-0.15, -0.1) is 0 Å². The number of nitrogens with zero attached hydrogens (tertiary/aromatic N) is 3. The zero-order valence-electron chi connectivity index (χ0n) is 9.79. The summed E-state index contributed by atoms with van der Waals surface area (Å²) in [6.45, 7) is 3.17. The van der Waals surface area contributed by atoms with Crippen molar-refractivity contribution >= 4 is 11.9 Å². The molecule has 1 aromatic rings. The van der Waals surface area contributed by atoms with Crippen molar-refractivity contribution in [2.24, 2.45) is 0 Å². The van der Waals surface area contributed by atoms with E-state index in [9.17, 15) is 0 Å². The second-order valence-electron chi connectivity index (χ2n) is 3.67. The Morgan fingerprint density at radius 1 is 1.24 bits per heavy atom. The highest BCUT2D eigenvalue weighted by atomic mass is 16.5. The molecule has 0 aliphatic carbocycles. The van der Waals surface area contributed by atoms with E-state index in [2.05, 4.69) is 20.3 Å². The predicted octanol–water partition coefficient (Wildman–Crippen LogP) is -0.994. The van der Waals surface area contributed by atoms with Crippen molar-refractivity contribution in [2.75, 3.05) is 24.3 Å². The highest BCUT2D eigenvalue weighted by Gasteiger charge is 2.11. The minimum atomic E-state index is -0.552. The number of aliphatic hydroxyl groups excluding tert-OH is 2. The van der Waals surface area contributed by atoms with Crippen molar-refractivity contribution in [2.45, 2.75) is 26.0 Å². The largest absolute Gasteiger partial charge is 0.461 e. The molecule has 0 spiro atoms. The molecule has 1 aromatic heterocycles. The van der Waals surface area contributed by atoms with Crippen molar-refractivity contribution in [3.8, 4) is 6.01 Å². The monoisotopic (exact) mass is 243 g/mol. The third-order valence-corrected chi connectivity index (χ3v) is 1.75. The van der Waals surface area contributed by atoms with Gasteiger partial charge in [-0.2, -0.15) is 15.0 Å². The van der Waals surface area contributed by atoms with Gasteiger partial charge in [0.05, 0.1) is 25.4 Å². The molecule has 0 fully saturated rings. The summed E-state index contributed by atoms with van der Waals surface area (Å²) in [6.07, 6.45) is -0.0869. The average Bonchev–Trinajstić information content (AvgIpc) is 2.24. The van der Waals surface area contributed by atoms with Crippen LogP contribution in [0.15, 0.2) is 0 Å². The van der Waals surface area contributed by atoms with Crippen LogP contribution in [0, 0.1) is 0 Å². The van der Waals surface area contributed by atoms with Gasteiger partial charge in [0, 0.05) is 0 Å². The fourth-order valence-corrected chi connectivity index (χ4v) is 1.03. The van der Waals surface area contributed by atoms with E-state index in [4.69, 9.17) is 20.7 Å². The fraction of sp³-hybridized carbons (Fsp3) is 0.667. The molecule has 0 bridgehead atoms. The SMILES string of the molecule is CC(C)Oc1nc(N)nc(NC(CO)CO)n1. The van der Waals surface area contributed by atoms with Crippen molar-refractivity contribution in [3.63, 3.8) is 0 Å². The topological polar surface area (TPSA) is 126 Å². The molecule has 8 heteroatoms. The Bertz CT molecular complexity index is 356. The van der Waals surface area contributed by atoms with Crippen LogP contribution in [-0.2, 0) is 0 Å². The Morgan fingerprint density at radius 3 is 2.41 bits per heavy atom. The number of anilines is 2. The fourth-order valence-electron chi connectivity index (χ4n) is 1.03. The van der Waals surface area contributed by atoms with Gasteiger partial charge < -0.3 is 26.0 Å².